The molecule has 0 bridgehead atoms. The van der Waals surface area contributed by atoms with E-state index in [0.29, 0.717) is 0 Å². The van der Waals surface area contributed by atoms with Crippen molar-refractivity contribution in [1.29, 1.82) is 0 Å². The van der Waals surface area contributed by atoms with E-state index in [9.17, 15) is 0 Å². The Labute approximate surface area is 101 Å². The van der Waals surface area contributed by atoms with Gasteiger partial charge in [0.25, 0.3) is 0 Å². The highest BCUT2D eigenvalue weighted by Gasteiger charge is 1.96. The monoisotopic (exact) mass is 229 g/mol. The van der Waals surface area contributed by atoms with Gasteiger partial charge in [-0.2, -0.15) is 0 Å². The molecule has 88 valence electrons. The molecule has 2 heterocycles. The van der Waals surface area contributed by atoms with Crippen LogP contribution < -0.4 is 10.1 Å². The minimum Gasteiger partial charge on any atom is -0.495 e. The number of rotatable bonds is 5. The molecule has 0 saturated heterocycles. The van der Waals surface area contributed by atoms with Crippen LogP contribution >= 0.6 is 0 Å². The Kier molecular flexibility index (Phi) is 3.91. The Morgan fingerprint density at radius 2 is 2.18 bits per heavy atom. The number of nitrogens with zero attached hydrogens (tertiary/aromatic N) is 2. The molecule has 1 N–H and O–H groups in total. The van der Waals surface area contributed by atoms with E-state index < -0.39 is 0 Å². The van der Waals surface area contributed by atoms with Gasteiger partial charge in [-0.3, -0.25) is 4.98 Å². The van der Waals surface area contributed by atoms with E-state index in [0.717, 1.165) is 24.5 Å². The largest absolute Gasteiger partial charge is 0.495 e. The summed E-state index contributed by atoms with van der Waals surface area (Å²) in [6, 6.07) is 7.80. The molecule has 17 heavy (non-hydrogen) atoms. The number of nitrogens with one attached hydrogen (secondary N) is 1. The standard InChI is InChI=1S/C13H15N3O/c1-17-12-4-5-13(16-10-12)15-8-6-11-3-2-7-14-9-11/h2-5,7,9-10H,6,8H2,1H3,(H,15,16). The lowest BCUT2D eigenvalue weighted by Gasteiger charge is -2.06. The van der Waals surface area contributed by atoms with E-state index in [1.807, 2.05) is 24.4 Å². The summed E-state index contributed by atoms with van der Waals surface area (Å²) in [5, 5.41) is 3.25. The van der Waals surface area contributed by atoms with Gasteiger partial charge in [0.2, 0.25) is 0 Å². The summed E-state index contributed by atoms with van der Waals surface area (Å²) in [6.45, 7) is 0.838. The zero-order valence-corrected chi connectivity index (χ0v) is 9.76. The molecule has 0 fully saturated rings. The summed E-state index contributed by atoms with van der Waals surface area (Å²) in [5.41, 5.74) is 1.22. The Morgan fingerprint density at radius 3 is 2.82 bits per heavy atom. The molecule has 2 rings (SSSR count). The number of hydrogen-bond donors (Lipinski definition) is 1. The minimum absolute atomic E-state index is 0.766. The van der Waals surface area contributed by atoms with E-state index in [4.69, 9.17) is 4.74 Å². The SMILES string of the molecule is COc1ccc(NCCc2cccnc2)nc1. The molecule has 0 unspecified atom stereocenters. The highest BCUT2D eigenvalue weighted by Crippen LogP contribution is 2.11. The van der Waals surface area contributed by atoms with Crippen molar-refractivity contribution in [1.82, 2.24) is 9.97 Å². The van der Waals surface area contributed by atoms with Crippen LogP contribution in [0, 0.1) is 0 Å². The van der Waals surface area contributed by atoms with Crippen LogP contribution in [0.1, 0.15) is 5.56 Å². The fourth-order valence-electron chi connectivity index (χ4n) is 1.49. The summed E-state index contributed by atoms with van der Waals surface area (Å²) in [4.78, 5) is 8.30. The number of aromatic nitrogens is 2. The minimum atomic E-state index is 0.766. The molecule has 0 spiro atoms. The lowest BCUT2D eigenvalue weighted by molar-refractivity contribution is 0.413. The Bertz CT molecular complexity index is 442. The van der Waals surface area contributed by atoms with Crippen molar-refractivity contribution in [3.8, 4) is 5.75 Å². The van der Waals surface area contributed by atoms with Gasteiger partial charge < -0.3 is 10.1 Å². The van der Waals surface area contributed by atoms with Crippen LogP contribution in [-0.4, -0.2) is 23.6 Å². The van der Waals surface area contributed by atoms with E-state index >= 15 is 0 Å². The second-order valence-corrected chi connectivity index (χ2v) is 3.62. The number of methoxy groups -OCH3 is 1. The smallest absolute Gasteiger partial charge is 0.137 e. The molecule has 0 radical (unpaired) electrons. The molecule has 4 nitrogen and oxygen atoms in total. The maximum absolute atomic E-state index is 5.04. The fraction of sp³-hybridized carbons (Fsp3) is 0.231. The molecular weight excluding hydrogens is 214 g/mol. The van der Waals surface area contributed by atoms with Crippen molar-refractivity contribution >= 4 is 5.82 Å². The van der Waals surface area contributed by atoms with Crippen LogP contribution in [0.2, 0.25) is 0 Å². The zero-order chi connectivity index (χ0) is 11.9. The maximum Gasteiger partial charge on any atom is 0.137 e. The quantitative estimate of drug-likeness (QED) is 0.853. The average molecular weight is 229 g/mol. The lowest BCUT2D eigenvalue weighted by Crippen LogP contribution is -2.06. The summed E-state index contributed by atoms with van der Waals surface area (Å²) >= 11 is 0. The van der Waals surface area contributed by atoms with Crippen LogP contribution in [0.5, 0.6) is 5.75 Å². The third kappa shape index (κ3) is 3.45. The Balaban J connectivity index is 1.82. The van der Waals surface area contributed by atoms with E-state index in [1.54, 1.807) is 19.5 Å². The van der Waals surface area contributed by atoms with Crippen molar-refractivity contribution in [3.05, 3.63) is 48.4 Å². The first-order valence-corrected chi connectivity index (χ1v) is 5.51. The molecule has 0 amide bonds. The predicted octanol–water partition coefficient (Wildman–Crippen LogP) is 2.14. The summed E-state index contributed by atoms with van der Waals surface area (Å²) < 4.78 is 5.04. The van der Waals surface area contributed by atoms with Crippen LogP contribution in [0.15, 0.2) is 42.9 Å². The molecule has 4 heteroatoms. The molecule has 0 atom stereocenters. The topological polar surface area (TPSA) is 47.0 Å². The average Bonchev–Trinajstić information content (AvgIpc) is 2.41. The normalized spacial score (nSPS) is 9.94. The fourth-order valence-corrected chi connectivity index (χ4v) is 1.49. The highest BCUT2D eigenvalue weighted by atomic mass is 16.5. The van der Waals surface area contributed by atoms with Crippen molar-refractivity contribution in [2.75, 3.05) is 19.0 Å². The number of hydrogen-bond acceptors (Lipinski definition) is 4. The number of ether oxygens (including phenoxy) is 1. The Morgan fingerprint density at radius 1 is 1.24 bits per heavy atom. The van der Waals surface area contributed by atoms with Gasteiger partial charge in [-0.15, -0.1) is 0 Å². The zero-order valence-electron chi connectivity index (χ0n) is 9.76. The first kappa shape index (κ1) is 11.4. The van der Waals surface area contributed by atoms with Gasteiger partial charge in [0.15, 0.2) is 0 Å². The van der Waals surface area contributed by atoms with Crippen LogP contribution in [-0.2, 0) is 6.42 Å². The molecule has 0 aliphatic heterocycles. The molecule has 0 aromatic carbocycles. The predicted molar refractivity (Wildman–Crippen MR) is 67.2 cm³/mol. The van der Waals surface area contributed by atoms with Crippen molar-refractivity contribution < 1.29 is 4.74 Å². The summed E-state index contributed by atoms with van der Waals surface area (Å²) in [6.07, 6.45) is 6.29. The van der Waals surface area contributed by atoms with E-state index in [2.05, 4.69) is 21.4 Å². The highest BCUT2D eigenvalue weighted by molar-refractivity contribution is 5.37. The lowest BCUT2D eigenvalue weighted by atomic mass is 10.2. The van der Waals surface area contributed by atoms with Gasteiger partial charge in [0.05, 0.1) is 13.3 Å². The van der Waals surface area contributed by atoms with Gasteiger partial charge >= 0.3 is 0 Å². The van der Waals surface area contributed by atoms with Crippen LogP contribution in [0.3, 0.4) is 0 Å². The summed E-state index contributed by atoms with van der Waals surface area (Å²) in [5.74, 6) is 1.62. The third-order valence-electron chi connectivity index (χ3n) is 2.41. The molecule has 0 saturated carbocycles. The van der Waals surface area contributed by atoms with Crippen LogP contribution in [0.4, 0.5) is 5.82 Å². The van der Waals surface area contributed by atoms with E-state index in [-0.39, 0.29) is 0 Å². The Hall–Kier alpha value is -2.10. The molecule has 0 aliphatic carbocycles. The van der Waals surface area contributed by atoms with Gasteiger partial charge in [0.1, 0.15) is 11.6 Å². The van der Waals surface area contributed by atoms with Crippen molar-refractivity contribution in [2.45, 2.75) is 6.42 Å². The van der Waals surface area contributed by atoms with Gasteiger partial charge in [0, 0.05) is 18.9 Å². The first-order valence-electron chi connectivity index (χ1n) is 5.51. The number of pyridine rings is 2. The van der Waals surface area contributed by atoms with Crippen molar-refractivity contribution in [3.63, 3.8) is 0 Å². The third-order valence-corrected chi connectivity index (χ3v) is 2.41. The molecule has 2 aromatic rings. The van der Waals surface area contributed by atoms with Crippen LogP contribution in [0.25, 0.3) is 0 Å². The molecular formula is C13H15N3O. The second kappa shape index (κ2) is 5.84. The summed E-state index contributed by atoms with van der Waals surface area (Å²) in [7, 11) is 1.63. The number of anilines is 1. The molecule has 2 aromatic heterocycles. The van der Waals surface area contributed by atoms with Gasteiger partial charge in [-0.25, -0.2) is 4.98 Å². The van der Waals surface area contributed by atoms with Crippen molar-refractivity contribution in [2.24, 2.45) is 0 Å². The van der Waals surface area contributed by atoms with E-state index in [1.165, 1.54) is 5.56 Å². The molecule has 0 aliphatic rings. The first-order chi connectivity index (χ1) is 8.38. The maximum atomic E-state index is 5.04. The second-order valence-electron chi connectivity index (χ2n) is 3.62. The van der Waals surface area contributed by atoms with Gasteiger partial charge in [-0.1, -0.05) is 6.07 Å². The van der Waals surface area contributed by atoms with Gasteiger partial charge in [-0.05, 0) is 30.2 Å².